The fraction of sp³-hybridized carbons (Fsp3) is 0.500. The summed E-state index contributed by atoms with van der Waals surface area (Å²) in [6.45, 7) is 5.84. The highest BCUT2D eigenvalue weighted by atomic mass is 19.1. The Bertz CT molecular complexity index is 559. The van der Waals surface area contributed by atoms with E-state index in [-0.39, 0.29) is 17.3 Å². The minimum Gasteiger partial charge on any atom is -0.381 e. The quantitative estimate of drug-likeness (QED) is 0.655. The highest BCUT2D eigenvalue weighted by Crippen LogP contribution is 2.20. The van der Waals surface area contributed by atoms with E-state index in [4.69, 9.17) is 0 Å². The van der Waals surface area contributed by atoms with Crippen LogP contribution < -0.4 is 5.32 Å². The number of nitrogens with zero attached hydrogens (tertiary/aromatic N) is 3. The molecule has 0 radical (unpaired) electrons. The van der Waals surface area contributed by atoms with E-state index < -0.39 is 10.7 Å². The molecule has 0 saturated carbocycles. The summed E-state index contributed by atoms with van der Waals surface area (Å²) < 4.78 is 13.7. The largest absolute Gasteiger partial charge is 0.381 e. The fourth-order valence-corrected chi connectivity index (χ4v) is 2.40. The molecule has 2 rings (SSSR count). The molecule has 1 aromatic rings. The molecule has 120 valence electrons. The Morgan fingerprint density at radius 2 is 2.05 bits per heavy atom. The van der Waals surface area contributed by atoms with Crippen molar-refractivity contribution in [3.05, 3.63) is 34.1 Å². The van der Waals surface area contributed by atoms with Crippen molar-refractivity contribution in [3.63, 3.8) is 0 Å². The van der Waals surface area contributed by atoms with Gasteiger partial charge in [-0.15, -0.1) is 0 Å². The summed E-state index contributed by atoms with van der Waals surface area (Å²) in [5.41, 5.74) is -0.00335. The van der Waals surface area contributed by atoms with Gasteiger partial charge in [0.25, 0.3) is 5.69 Å². The number of anilines is 1. The molecular formula is C14H19FN4O3. The second kappa shape index (κ2) is 7.17. The number of nitrogens with one attached hydrogen (secondary N) is 1. The lowest BCUT2D eigenvalue weighted by Gasteiger charge is -2.34. The Labute approximate surface area is 127 Å². The number of hydrogen-bond acceptors (Lipinski definition) is 5. The lowest BCUT2D eigenvalue weighted by atomic mass is 10.2. The average molecular weight is 310 g/mol. The molecule has 1 amide bonds. The molecule has 0 aliphatic carbocycles. The van der Waals surface area contributed by atoms with E-state index in [2.05, 4.69) is 10.2 Å². The number of piperazine rings is 1. The Balaban J connectivity index is 1.77. The standard InChI is InChI=1S/C14H19FN4O3/c1-11(20)18-8-6-17(7-9-18)5-4-16-14-3-2-12(19(21)22)10-13(14)15/h2-3,10,16H,4-9H2,1H3. The molecule has 1 aromatic carbocycles. The molecule has 0 atom stereocenters. The predicted molar refractivity (Wildman–Crippen MR) is 80.2 cm³/mol. The second-order valence-electron chi connectivity index (χ2n) is 5.20. The van der Waals surface area contributed by atoms with Crippen LogP contribution in [-0.4, -0.2) is 59.9 Å². The smallest absolute Gasteiger partial charge is 0.272 e. The van der Waals surface area contributed by atoms with Gasteiger partial charge in [0.2, 0.25) is 5.91 Å². The number of halogens is 1. The molecular weight excluding hydrogens is 291 g/mol. The summed E-state index contributed by atoms with van der Waals surface area (Å²) >= 11 is 0. The van der Waals surface area contributed by atoms with Crippen molar-refractivity contribution in [2.45, 2.75) is 6.92 Å². The summed E-state index contributed by atoms with van der Waals surface area (Å²) in [5.74, 6) is -0.540. The van der Waals surface area contributed by atoms with Crippen LogP contribution in [0.5, 0.6) is 0 Å². The number of carbonyl (C=O) groups is 1. The molecule has 1 aliphatic rings. The van der Waals surface area contributed by atoms with Gasteiger partial charge in [0.15, 0.2) is 5.82 Å². The van der Waals surface area contributed by atoms with Crippen LogP contribution >= 0.6 is 0 Å². The Morgan fingerprint density at radius 1 is 1.36 bits per heavy atom. The van der Waals surface area contributed by atoms with Gasteiger partial charge in [0.05, 0.1) is 16.7 Å². The number of amides is 1. The zero-order valence-corrected chi connectivity index (χ0v) is 12.4. The first kappa shape index (κ1) is 16.2. The van der Waals surface area contributed by atoms with Crippen LogP contribution in [0, 0.1) is 15.9 Å². The van der Waals surface area contributed by atoms with E-state index in [9.17, 15) is 19.3 Å². The molecule has 1 saturated heterocycles. The number of non-ortho nitro benzene ring substituents is 1. The van der Waals surface area contributed by atoms with Crippen LogP contribution in [0.4, 0.5) is 15.8 Å². The van der Waals surface area contributed by atoms with Crippen molar-refractivity contribution in [2.75, 3.05) is 44.6 Å². The second-order valence-corrected chi connectivity index (χ2v) is 5.20. The maximum Gasteiger partial charge on any atom is 0.272 e. The maximum atomic E-state index is 13.7. The van der Waals surface area contributed by atoms with E-state index in [1.807, 2.05) is 0 Å². The van der Waals surface area contributed by atoms with E-state index in [0.717, 1.165) is 25.7 Å². The minimum absolute atomic E-state index is 0.0886. The Hall–Kier alpha value is -2.22. The van der Waals surface area contributed by atoms with Crippen LogP contribution in [0.3, 0.4) is 0 Å². The lowest BCUT2D eigenvalue weighted by molar-refractivity contribution is -0.385. The van der Waals surface area contributed by atoms with E-state index >= 15 is 0 Å². The molecule has 8 heteroatoms. The van der Waals surface area contributed by atoms with Crippen LogP contribution in [0.15, 0.2) is 18.2 Å². The maximum absolute atomic E-state index is 13.7. The summed E-state index contributed by atoms with van der Waals surface area (Å²) in [6, 6.07) is 3.56. The van der Waals surface area contributed by atoms with E-state index in [0.29, 0.717) is 19.6 Å². The average Bonchev–Trinajstić information content (AvgIpc) is 2.49. The molecule has 1 N–H and O–H groups in total. The van der Waals surface area contributed by atoms with Gasteiger partial charge in [-0.1, -0.05) is 0 Å². The Kier molecular flexibility index (Phi) is 5.26. The van der Waals surface area contributed by atoms with Crippen molar-refractivity contribution in [1.29, 1.82) is 0 Å². The number of benzene rings is 1. The third-order valence-electron chi connectivity index (χ3n) is 3.72. The number of carbonyl (C=O) groups excluding carboxylic acids is 1. The van der Waals surface area contributed by atoms with Crippen molar-refractivity contribution < 1.29 is 14.1 Å². The van der Waals surface area contributed by atoms with Crippen LogP contribution in [0.2, 0.25) is 0 Å². The van der Waals surface area contributed by atoms with E-state index in [1.165, 1.54) is 12.1 Å². The monoisotopic (exact) mass is 310 g/mol. The van der Waals surface area contributed by atoms with Crippen molar-refractivity contribution in [2.24, 2.45) is 0 Å². The highest BCUT2D eigenvalue weighted by molar-refractivity contribution is 5.73. The molecule has 1 fully saturated rings. The van der Waals surface area contributed by atoms with Crippen LogP contribution in [-0.2, 0) is 4.79 Å². The molecule has 1 aliphatic heterocycles. The van der Waals surface area contributed by atoms with Gasteiger partial charge < -0.3 is 10.2 Å². The molecule has 0 aromatic heterocycles. The van der Waals surface area contributed by atoms with Gasteiger partial charge in [-0.25, -0.2) is 4.39 Å². The SMILES string of the molecule is CC(=O)N1CCN(CCNc2ccc([N+](=O)[O-])cc2F)CC1. The van der Waals surface area contributed by atoms with Crippen molar-refractivity contribution in [1.82, 2.24) is 9.80 Å². The predicted octanol–water partition coefficient (Wildman–Crippen LogP) is 1.31. The fourth-order valence-electron chi connectivity index (χ4n) is 2.40. The summed E-state index contributed by atoms with van der Waals surface area (Å²) in [5, 5.41) is 13.5. The number of rotatable bonds is 5. The first-order valence-corrected chi connectivity index (χ1v) is 7.13. The van der Waals surface area contributed by atoms with Crippen LogP contribution in [0.25, 0.3) is 0 Å². The number of hydrogen-bond donors (Lipinski definition) is 1. The third-order valence-corrected chi connectivity index (χ3v) is 3.72. The highest BCUT2D eigenvalue weighted by Gasteiger charge is 2.18. The summed E-state index contributed by atoms with van der Waals surface area (Å²) in [6.07, 6.45) is 0. The Morgan fingerprint density at radius 3 is 2.59 bits per heavy atom. The van der Waals surface area contributed by atoms with Gasteiger partial charge in [-0.05, 0) is 6.07 Å². The van der Waals surface area contributed by atoms with Crippen molar-refractivity contribution >= 4 is 17.3 Å². The first-order valence-electron chi connectivity index (χ1n) is 7.13. The van der Waals surface area contributed by atoms with Gasteiger partial charge in [0, 0.05) is 52.3 Å². The van der Waals surface area contributed by atoms with Gasteiger partial charge in [0.1, 0.15) is 0 Å². The topological polar surface area (TPSA) is 78.7 Å². The third kappa shape index (κ3) is 4.14. The summed E-state index contributed by atoms with van der Waals surface area (Å²) in [7, 11) is 0. The zero-order chi connectivity index (χ0) is 16.1. The first-order chi connectivity index (χ1) is 10.5. The molecule has 0 bridgehead atoms. The van der Waals surface area contributed by atoms with Crippen molar-refractivity contribution in [3.8, 4) is 0 Å². The number of nitro benzene ring substituents is 1. The molecule has 7 nitrogen and oxygen atoms in total. The molecule has 0 spiro atoms. The van der Waals surface area contributed by atoms with Gasteiger partial charge >= 0.3 is 0 Å². The normalized spacial score (nSPS) is 15.6. The molecule has 22 heavy (non-hydrogen) atoms. The van der Waals surface area contributed by atoms with Gasteiger partial charge in [-0.2, -0.15) is 0 Å². The molecule has 0 unspecified atom stereocenters. The van der Waals surface area contributed by atoms with Gasteiger partial charge in [-0.3, -0.25) is 19.8 Å². The number of nitro groups is 1. The zero-order valence-electron chi connectivity index (χ0n) is 12.4. The summed E-state index contributed by atoms with van der Waals surface area (Å²) in [4.78, 5) is 25.1. The lowest BCUT2D eigenvalue weighted by Crippen LogP contribution is -2.49. The van der Waals surface area contributed by atoms with E-state index in [1.54, 1.807) is 11.8 Å². The van der Waals surface area contributed by atoms with Crippen LogP contribution in [0.1, 0.15) is 6.92 Å². The minimum atomic E-state index is -0.629. The molecule has 1 heterocycles.